The number of hydrogen-bond donors (Lipinski definition) is 1. The summed E-state index contributed by atoms with van der Waals surface area (Å²) in [7, 11) is 2.01. The summed E-state index contributed by atoms with van der Waals surface area (Å²) in [6.45, 7) is 10.8. The van der Waals surface area contributed by atoms with Crippen LogP contribution in [0.2, 0.25) is 0 Å². The minimum absolute atomic E-state index is 0.746. The van der Waals surface area contributed by atoms with Gasteiger partial charge < -0.3 is 5.32 Å². The lowest BCUT2D eigenvalue weighted by molar-refractivity contribution is 0.239. The number of hydrogen-bond acceptors (Lipinski definition) is 3. The third kappa shape index (κ3) is 8.58. The Labute approximate surface area is 95.0 Å². The van der Waals surface area contributed by atoms with E-state index in [4.69, 9.17) is 0 Å². The van der Waals surface area contributed by atoms with Gasteiger partial charge in [-0.1, -0.05) is 13.8 Å². The lowest BCUT2D eigenvalue weighted by Gasteiger charge is -2.23. The van der Waals surface area contributed by atoms with E-state index in [2.05, 4.69) is 29.1 Å². The second kappa shape index (κ2) is 10.1. The summed E-state index contributed by atoms with van der Waals surface area (Å²) >= 11 is 0. The second-order valence-electron chi connectivity index (χ2n) is 4.16. The highest BCUT2D eigenvalue weighted by molar-refractivity contribution is 5.53. The van der Waals surface area contributed by atoms with Gasteiger partial charge in [0.05, 0.1) is 6.67 Å². The predicted octanol–water partition coefficient (Wildman–Crippen LogP) is 1.99. The minimum Gasteiger partial charge on any atom is -0.320 e. The summed E-state index contributed by atoms with van der Waals surface area (Å²) in [5, 5.41) is 3.20. The van der Waals surface area contributed by atoms with Crippen LogP contribution in [0.3, 0.4) is 0 Å². The van der Waals surface area contributed by atoms with Gasteiger partial charge in [0.15, 0.2) is 0 Å². The minimum atomic E-state index is 0.746. The van der Waals surface area contributed by atoms with E-state index in [9.17, 15) is 0 Å². The van der Waals surface area contributed by atoms with E-state index in [1.165, 1.54) is 12.8 Å². The van der Waals surface area contributed by atoms with Crippen LogP contribution in [0.15, 0.2) is 4.99 Å². The van der Waals surface area contributed by atoms with E-state index in [0.29, 0.717) is 0 Å². The fourth-order valence-corrected chi connectivity index (χ4v) is 1.66. The maximum atomic E-state index is 4.31. The van der Waals surface area contributed by atoms with Gasteiger partial charge in [0.25, 0.3) is 0 Å². The van der Waals surface area contributed by atoms with Gasteiger partial charge in [-0.3, -0.25) is 9.89 Å². The molecule has 0 rings (SSSR count). The van der Waals surface area contributed by atoms with Crippen LogP contribution in [0.25, 0.3) is 0 Å². The number of rotatable bonds is 9. The highest BCUT2D eigenvalue weighted by atomic mass is 15.2. The topological polar surface area (TPSA) is 27.6 Å². The molecule has 0 aliphatic heterocycles. The molecule has 1 unspecified atom stereocenters. The average molecular weight is 213 g/mol. The largest absolute Gasteiger partial charge is 0.320 e. The van der Waals surface area contributed by atoms with Crippen molar-refractivity contribution in [2.45, 2.75) is 33.6 Å². The summed E-state index contributed by atoms with van der Waals surface area (Å²) in [4.78, 5) is 6.74. The molecule has 15 heavy (non-hydrogen) atoms. The fraction of sp³-hybridized carbons (Fsp3) is 0.917. The van der Waals surface area contributed by atoms with Crippen molar-refractivity contribution in [1.82, 2.24) is 10.2 Å². The molecule has 0 saturated carbocycles. The second-order valence-corrected chi connectivity index (χ2v) is 4.16. The van der Waals surface area contributed by atoms with Crippen molar-refractivity contribution >= 4 is 6.21 Å². The Hall–Kier alpha value is -0.410. The Bertz CT molecular complexity index is 157. The SMILES string of the molecule is CC=NCN(CCC)CC(C)CCNC. The van der Waals surface area contributed by atoms with Crippen molar-refractivity contribution < 1.29 is 0 Å². The summed E-state index contributed by atoms with van der Waals surface area (Å²) in [5.74, 6) is 0.746. The first-order chi connectivity index (χ1) is 7.24. The van der Waals surface area contributed by atoms with E-state index in [1.54, 1.807) is 0 Å². The molecule has 3 nitrogen and oxygen atoms in total. The van der Waals surface area contributed by atoms with E-state index in [0.717, 1.165) is 32.2 Å². The van der Waals surface area contributed by atoms with Gasteiger partial charge in [-0.05, 0) is 52.0 Å². The lowest BCUT2D eigenvalue weighted by atomic mass is 10.1. The molecule has 0 fully saturated rings. The third-order valence-corrected chi connectivity index (χ3v) is 2.46. The smallest absolute Gasteiger partial charge is 0.0905 e. The molecule has 1 atom stereocenters. The Morgan fingerprint density at radius 3 is 2.73 bits per heavy atom. The van der Waals surface area contributed by atoms with Crippen molar-refractivity contribution in [1.29, 1.82) is 0 Å². The van der Waals surface area contributed by atoms with Crippen molar-refractivity contribution in [2.75, 3.05) is 33.4 Å². The maximum absolute atomic E-state index is 4.31. The predicted molar refractivity (Wildman–Crippen MR) is 68.6 cm³/mol. The Balaban J connectivity index is 3.80. The van der Waals surface area contributed by atoms with Gasteiger partial charge in [0.1, 0.15) is 0 Å². The molecule has 0 amide bonds. The molecule has 3 heteroatoms. The van der Waals surface area contributed by atoms with Crippen molar-refractivity contribution in [3.63, 3.8) is 0 Å². The molecule has 0 aromatic heterocycles. The molecule has 0 radical (unpaired) electrons. The summed E-state index contributed by atoms with van der Waals surface area (Å²) in [6.07, 6.45) is 4.34. The third-order valence-electron chi connectivity index (χ3n) is 2.46. The van der Waals surface area contributed by atoms with E-state index in [-0.39, 0.29) is 0 Å². The molecule has 90 valence electrons. The first kappa shape index (κ1) is 14.6. The Morgan fingerprint density at radius 1 is 1.47 bits per heavy atom. The van der Waals surface area contributed by atoms with Gasteiger partial charge >= 0.3 is 0 Å². The Morgan fingerprint density at radius 2 is 2.20 bits per heavy atom. The highest BCUT2D eigenvalue weighted by Crippen LogP contribution is 2.05. The van der Waals surface area contributed by atoms with Crippen LogP contribution in [0.1, 0.15) is 33.6 Å². The summed E-state index contributed by atoms with van der Waals surface area (Å²) < 4.78 is 0. The van der Waals surface area contributed by atoms with E-state index in [1.807, 2.05) is 20.2 Å². The monoisotopic (exact) mass is 213 g/mol. The van der Waals surface area contributed by atoms with Crippen LogP contribution in [0.5, 0.6) is 0 Å². The average Bonchev–Trinajstić information content (AvgIpc) is 2.23. The van der Waals surface area contributed by atoms with Crippen molar-refractivity contribution in [3.8, 4) is 0 Å². The van der Waals surface area contributed by atoms with Crippen LogP contribution in [-0.4, -0.2) is 44.5 Å². The fourth-order valence-electron chi connectivity index (χ4n) is 1.66. The summed E-state index contributed by atoms with van der Waals surface area (Å²) in [5.41, 5.74) is 0. The molecule has 0 saturated heterocycles. The Kier molecular flexibility index (Phi) is 9.84. The maximum Gasteiger partial charge on any atom is 0.0905 e. The first-order valence-electron chi connectivity index (χ1n) is 6.05. The van der Waals surface area contributed by atoms with E-state index >= 15 is 0 Å². The normalized spacial score (nSPS) is 13.9. The zero-order chi connectivity index (χ0) is 11.5. The number of nitrogens with zero attached hydrogens (tertiary/aromatic N) is 2. The quantitative estimate of drug-likeness (QED) is 0.593. The summed E-state index contributed by atoms with van der Waals surface area (Å²) in [6, 6.07) is 0. The highest BCUT2D eigenvalue weighted by Gasteiger charge is 2.08. The van der Waals surface area contributed by atoms with Crippen LogP contribution >= 0.6 is 0 Å². The molecule has 0 aromatic carbocycles. The van der Waals surface area contributed by atoms with Crippen LogP contribution < -0.4 is 5.32 Å². The van der Waals surface area contributed by atoms with Crippen LogP contribution in [0.4, 0.5) is 0 Å². The molecular formula is C12H27N3. The molecule has 0 heterocycles. The molecular weight excluding hydrogens is 186 g/mol. The van der Waals surface area contributed by atoms with Gasteiger partial charge in [-0.15, -0.1) is 0 Å². The molecule has 1 N–H and O–H groups in total. The van der Waals surface area contributed by atoms with Crippen molar-refractivity contribution in [2.24, 2.45) is 10.9 Å². The van der Waals surface area contributed by atoms with Crippen LogP contribution in [0, 0.1) is 5.92 Å². The van der Waals surface area contributed by atoms with Gasteiger partial charge in [0.2, 0.25) is 0 Å². The zero-order valence-electron chi connectivity index (χ0n) is 10.8. The lowest BCUT2D eigenvalue weighted by Crippen LogP contribution is -2.30. The van der Waals surface area contributed by atoms with Gasteiger partial charge in [-0.25, -0.2) is 0 Å². The standard InChI is InChI=1S/C12H27N3/c1-5-9-15(11-14-6-2)10-12(3)7-8-13-4/h6,12-13H,5,7-11H2,1-4H3. The molecule has 0 bridgehead atoms. The zero-order valence-corrected chi connectivity index (χ0v) is 10.8. The number of aliphatic imine (C=N–C) groups is 1. The number of nitrogens with one attached hydrogen (secondary N) is 1. The van der Waals surface area contributed by atoms with E-state index < -0.39 is 0 Å². The van der Waals surface area contributed by atoms with Gasteiger partial charge in [0, 0.05) is 6.54 Å². The molecule has 0 spiro atoms. The van der Waals surface area contributed by atoms with Gasteiger partial charge in [-0.2, -0.15) is 0 Å². The molecule has 0 aliphatic carbocycles. The van der Waals surface area contributed by atoms with Crippen molar-refractivity contribution in [3.05, 3.63) is 0 Å². The van der Waals surface area contributed by atoms with Crippen LogP contribution in [-0.2, 0) is 0 Å². The molecule has 0 aliphatic rings. The molecule has 0 aromatic rings. The first-order valence-corrected chi connectivity index (χ1v) is 6.05.